The standard InChI is InChI=1S/C11H19NO3/c1-3-8(2)6-10(13)12(7-11(14)15)9-4-5-9/h8-9H,3-7H2,1-2H3,(H,14,15). The fraction of sp³-hybridized carbons (Fsp3) is 0.818. The first-order valence-corrected chi connectivity index (χ1v) is 5.55. The van der Waals surface area contributed by atoms with Gasteiger partial charge in [-0.05, 0) is 18.8 Å². The Hall–Kier alpha value is -1.06. The van der Waals surface area contributed by atoms with Gasteiger partial charge in [-0.1, -0.05) is 20.3 Å². The minimum atomic E-state index is -0.917. The maximum absolute atomic E-state index is 11.8. The molecule has 1 amide bonds. The summed E-state index contributed by atoms with van der Waals surface area (Å²) in [6, 6.07) is 0.192. The molecule has 0 aliphatic heterocycles. The van der Waals surface area contributed by atoms with Gasteiger partial charge in [0.25, 0.3) is 0 Å². The third kappa shape index (κ3) is 3.90. The number of carbonyl (C=O) groups excluding carboxylic acids is 1. The lowest BCUT2D eigenvalue weighted by atomic mass is 10.0. The molecule has 1 fully saturated rings. The summed E-state index contributed by atoms with van der Waals surface area (Å²) in [5.41, 5.74) is 0. The summed E-state index contributed by atoms with van der Waals surface area (Å²) in [6.07, 6.45) is 3.34. The Balaban J connectivity index is 2.47. The van der Waals surface area contributed by atoms with Crippen molar-refractivity contribution in [2.75, 3.05) is 6.54 Å². The summed E-state index contributed by atoms with van der Waals surface area (Å²) in [7, 11) is 0. The van der Waals surface area contributed by atoms with E-state index in [-0.39, 0.29) is 18.5 Å². The van der Waals surface area contributed by atoms with Crippen LogP contribution < -0.4 is 0 Å². The van der Waals surface area contributed by atoms with Gasteiger partial charge in [-0.2, -0.15) is 0 Å². The fourth-order valence-electron chi connectivity index (χ4n) is 1.51. The lowest BCUT2D eigenvalue weighted by Crippen LogP contribution is -2.38. The first kappa shape index (κ1) is 12.0. The van der Waals surface area contributed by atoms with Crippen molar-refractivity contribution in [3.05, 3.63) is 0 Å². The van der Waals surface area contributed by atoms with Crippen LogP contribution in [0.5, 0.6) is 0 Å². The molecule has 4 nitrogen and oxygen atoms in total. The Labute approximate surface area is 90.3 Å². The Bertz CT molecular complexity index is 248. The molecule has 86 valence electrons. The maximum Gasteiger partial charge on any atom is 0.323 e. The molecule has 1 saturated carbocycles. The van der Waals surface area contributed by atoms with E-state index < -0.39 is 5.97 Å². The van der Waals surface area contributed by atoms with Gasteiger partial charge in [0.05, 0.1) is 0 Å². The normalized spacial score (nSPS) is 17.2. The topological polar surface area (TPSA) is 57.6 Å². The fourth-order valence-corrected chi connectivity index (χ4v) is 1.51. The summed E-state index contributed by atoms with van der Waals surface area (Å²) in [6.45, 7) is 3.92. The van der Waals surface area contributed by atoms with Crippen LogP contribution in [0.1, 0.15) is 39.5 Å². The largest absolute Gasteiger partial charge is 0.480 e. The SMILES string of the molecule is CCC(C)CC(=O)N(CC(=O)O)C1CC1. The van der Waals surface area contributed by atoms with Crippen molar-refractivity contribution in [3.8, 4) is 0 Å². The highest BCUT2D eigenvalue weighted by atomic mass is 16.4. The lowest BCUT2D eigenvalue weighted by Gasteiger charge is -2.21. The van der Waals surface area contributed by atoms with Crippen molar-refractivity contribution >= 4 is 11.9 Å². The van der Waals surface area contributed by atoms with Gasteiger partial charge in [-0.25, -0.2) is 0 Å². The van der Waals surface area contributed by atoms with E-state index in [1.807, 2.05) is 13.8 Å². The zero-order valence-corrected chi connectivity index (χ0v) is 9.40. The van der Waals surface area contributed by atoms with Crippen molar-refractivity contribution in [2.45, 2.75) is 45.6 Å². The number of nitrogens with zero attached hydrogens (tertiary/aromatic N) is 1. The molecule has 1 rings (SSSR count). The molecule has 0 saturated heterocycles. The number of amides is 1. The number of rotatable bonds is 6. The predicted molar refractivity (Wildman–Crippen MR) is 56.4 cm³/mol. The molecular weight excluding hydrogens is 194 g/mol. The molecule has 1 aliphatic carbocycles. The third-order valence-corrected chi connectivity index (χ3v) is 2.83. The van der Waals surface area contributed by atoms with Crippen LogP contribution in [0, 0.1) is 5.92 Å². The lowest BCUT2D eigenvalue weighted by molar-refractivity contribution is -0.145. The Morgan fingerprint density at radius 2 is 2.07 bits per heavy atom. The Kier molecular flexibility index (Phi) is 4.12. The monoisotopic (exact) mass is 213 g/mol. The van der Waals surface area contributed by atoms with Crippen LogP contribution >= 0.6 is 0 Å². The van der Waals surface area contributed by atoms with E-state index >= 15 is 0 Å². The summed E-state index contributed by atoms with van der Waals surface area (Å²) in [5.74, 6) is -0.582. The molecule has 1 N–H and O–H groups in total. The van der Waals surface area contributed by atoms with Gasteiger partial charge in [-0.15, -0.1) is 0 Å². The number of carboxylic acids is 1. The molecule has 0 radical (unpaired) electrons. The summed E-state index contributed by atoms with van der Waals surface area (Å²) in [5, 5.41) is 8.71. The van der Waals surface area contributed by atoms with Crippen LogP contribution in [-0.4, -0.2) is 34.5 Å². The van der Waals surface area contributed by atoms with E-state index in [0.29, 0.717) is 12.3 Å². The second-order valence-corrected chi connectivity index (χ2v) is 4.36. The Morgan fingerprint density at radius 3 is 2.47 bits per heavy atom. The smallest absolute Gasteiger partial charge is 0.323 e. The molecule has 0 spiro atoms. The number of aliphatic carboxylic acids is 1. The molecule has 0 heterocycles. The van der Waals surface area contributed by atoms with Gasteiger partial charge in [0, 0.05) is 12.5 Å². The number of hydrogen-bond acceptors (Lipinski definition) is 2. The van der Waals surface area contributed by atoms with E-state index in [1.54, 1.807) is 0 Å². The highest BCUT2D eigenvalue weighted by Crippen LogP contribution is 2.27. The molecular formula is C11H19NO3. The highest BCUT2D eigenvalue weighted by molar-refractivity contribution is 5.82. The van der Waals surface area contributed by atoms with E-state index in [9.17, 15) is 9.59 Å². The van der Waals surface area contributed by atoms with Crippen LogP contribution in [0.2, 0.25) is 0 Å². The second-order valence-electron chi connectivity index (χ2n) is 4.36. The molecule has 1 unspecified atom stereocenters. The molecule has 0 bridgehead atoms. The molecule has 15 heavy (non-hydrogen) atoms. The number of carboxylic acid groups (broad SMARTS) is 1. The average molecular weight is 213 g/mol. The molecule has 0 aromatic carbocycles. The minimum Gasteiger partial charge on any atom is -0.480 e. The van der Waals surface area contributed by atoms with Crippen LogP contribution in [0.15, 0.2) is 0 Å². The first-order chi connectivity index (χ1) is 7.04. The molecule has 4 heteroatoms. The quantitative estimate of drug-likeness (QED) is 0.727. The first-order valence-electron chi connectivity index (χ1n) is 5.55. The van der Waals surface area contributed by atoms with Crippen molar-refractivity contribution in [3.63, 3.8) is 0 Å². The van der Waals surface area contributed by atoms with Gasteiger partial charge in [-0.3, -0.25) is 9.59 Å². The van der Waals surface area contributed by atoms with E-state index in [1.165, 1.54) is 4.90 Å². The van der Waals surface area contributed by atoms with Gasteiger partial charge < -0.3 is 10.0 Å². The maximum atomic E-state index is 11.8. The highest BCUT2D eigenvalue weighted by Gasteiger charge is 2.33. The van der Waals surface area contributed by atoms with Crippen LogP contribution in [0.3, 0.4) is 0 Å². The molecule has 0 aromatic heterocycles. The van der Waals surface area contributed by atoms with E-state index in [0.717, 1.165) is 19.3 Å². The third-order valence-electron chi connectivity index (χ3n) is 2.83. The van der Waals surface area contributed by atoms with Gasteiger partial charge in [0.2, 0.25) is 5.91 Å². The minimum absolute atomic E-state index is 0.00532. The van der Waals surface area contributed by atoms with E-state index in [4.69, 9.17) is 5.11 Å². The van der Waals surface area contributed by atoms with Crippen LogP contribution in [0.4, 0.5) is 0 Å². The zero-order valence-electron chi connectivity index (χ0n) is 9.40. The van der Waals surface area contributed by atoms with Crippen molar-refractivity contribution in [1.82, 2.24) is 4.90 Å². The zero-order chi connectivity index (χ0) is 11.4. The van der Waals surface area contributed by atoms with Crippen molar-refractivity contribution in [2.24, 2.45) is 5.92 Å². The van der Waals surface area contributed by atoms with Crippen LogP contribution in [0.25, 0.3) is 0 Å². The van der Waals surface area contributed by atoms with Crippen LogP contribution in [-0.2, 0) is 9.59 Å². The Morgan fingerprint density at radius 1 is 1.47 bits per heavy atom. The van der Waals surface area contributed by atoms with Gasteiger partial charge in [0.1, 0.15) is 6.54 Å². The van der Waals surface area contributed by atoms with Gasteiger partial charge >= 0.3 is 5.97 Å². The number of carbonyl (C=O) groups is 2. The van der Waals surface area contributed by atoms with Crippen molar-refractivity contribution < 1.29 is 14.7 Å². The molecule has 0 aromatic rings. The molecule has 1 atom stereocenters. The average Bonchev–Trinajstić information content (AvgIpc) is 2.96. The summed E-state index contributed by atoms with van der Waals surface area (Å²) < 4.78 is 0. The predicted octanol–water partition coefficient (Wildman–Crippen LogP) is 1.50. The number of hydrogen-bond donors (Lipinski definition) is 1. The van der Waals surface area contributed by atoms with Gasteiger partial charge in [0.15, 0.2) is 0 Å². The second kappa shape index (κ2) is 5.14. The van der Waals surface area contributed by atoms with E-state index in [2.05, 4.69) is 0 Å². The van der Waals surface area contributed by atoms with Crippen molar-refractivity contribution in [1.29, 1.82) is 0 Å². The summed E-state index contributed by atoms with van der Waals surface area (Å²) >= 11 is 0. The summed E-state index contributed by atoms with van der Waals surface area (Å²) in [4.78, 5) is 23.9. The molecule has 1 aliphatic rings.